The number of rotatable bonds is 7. The fourth-order valence-corrected chi connectivity index (χ4v) is 5.39. The van der Waals surface area contributed by atoms with Gasteiger partial charge in [-0.05, 0) is 67.9 Å². The number of benzene rings is 2. The molecule has 0 unspecified atom stereocenters. The molecule has 2 heterocycles. The third-order valence-corrected chi connectivity index (χ3v) is 7.83. The maximum atomic E-state index is 13.2. The molecule has 2 saturated carbocycles. The lowest BCUT2D eigenvalue weighted by Gasteiger charge is -2.38. The minimum Gasteiger partial charge on any atom is -0.486 e. The van der Waals surface area contributed by atoms with E-state index in [1.54, 1.807) is 5.38 Å². The van der Waals surface area contributed by atoms with Crippen molar-refractivity contribution in [3.63, 3.8) is 0 Å². The standard InChI is InChI=1S/C28H29N3O3S/c1-17-2-4-19(5-3-17)26-23-14-22(11-8-18(23)12-13-31(26)28(33)20-6-7-20)34-15-25-30-24(16-35-25)27(32)29-21-9-10-21/h2-5,8,11,14,16,20-21,26H,6-7,9-10,12-13,15H2,1H3,(H,29,32)/t26-/m0/s1. The molecule has 1 aliphatic heterocycles. The van der Waals surface area contributed by atoms with Gasteiger partial charge in [-0.2, -0.15) is 0 Å². The van der Waals surface area contributed by atoms with Gasteiger partial charge in [-0.25, -0.2) is 4.98 Å². The third-order valence-electron chi connectivity index (χ3n) is 7.01. The molecule has 0 bridgehead atoms. The highest BCUT2D eigenvalue weighted by Crippen LogP contribution is 2.41. The first kappa shape index (κ1) is 22.3. The number of carbonyl (C=O) groups excluding carboxylic acids is 2. The quantitative estimate of drug-likeness (QED) is 0.519. The molecule has 0 radical (unpaired) electrons. The molecular formula is C28H29N3O3S. The van der Waals surface area contributed by atoms with Crippen LogP contribution in [0.25, 0.3) is 0 Å². The van der Waals surface area contributed by atoms with Gasteiger partial charge in [0.15, 0.2) is 0 Å². The van der Waals surface area contributed by atoms with Crippen LogP contribution in [0.5, 0.6) is 5.75 Å². The van der Waals surface area contributed by atoms with Crippen LogP contribution < -0.4 is 10.1 Å². The molecule has 1 N–H and O–H groups in total. The smallest absolute Gasteiger partial charge is 0.270 e. The second-order valence-corrected chi connectivity index (χ2v) is 10.8. The topological polar surface area (TPSA) is 71.5 Å². The third kappa shape index (κ3) is 4.82. The highest BCUT2D eigenvalue weighted by molar-refractivity contribution is 7.09. The minimum absolute atomic E-state index is 0.103. The molecule has 7 heteroatoms. The molecular weight excluding hydrogens is 458 g/mol. The average Bonchev–Trinajstić information content (AvgIpc) is 3.81. The van der Waals surface area contributed by atoms with Crippen molar-refractivity contribution in [2.24, 2.45) is 5.92 Å². The summed E-state index contributed by atoms with van der Waals surface area (Å²) < 4.78 is 6.12. The summed E-state index contributed by atoms with van der Waals surface area (Å²) in [6.07, 6.45) is 4.96. The van der Waals surface area contributed by atoms with E-state index in [0.29, 0.717) is 18.3 Å². The van der Waals surface area contributed by atoms with Gasteiger partial charge in [-0.1, -0.05) is 35.9 Å². The van der Waals surface area contributed by atoms with Crippen molar-refractivity contribution < 1.29 is 14.3 Å². The first-order valence-electron chi connectivity index (χ1n) is 12.4. The van der Waals surface area contributed by atoms with Crippen LogP contribution in [0.1, 0.15) is 69.5 Å². The number of fused-ring (bicyclic) bond motifs is 1. The lowest BCUT2D eigenvalue weighted by atomic mass is 9.87. The molecule has 2 amide bonds. The molecule has 2 aliphatic carbocycles. The highest BCUT2D eigenvalue weighted by atomic mass is 32.1. The van der Waals surface area contributed by atoms with Gasteiger partial charge in [-0.15, -0.1) is 11.3 Å². The number of nitrogens with one attached hydrogen (secondary N) is 1. The van der Waals surface area contributed by atoms with Crippen molar-refractivity contribution in [3.8, 4) is 5.75 Å². The molecule has 0 saturated heterocycles. The first-order chi connectivity index (χ1) is 17.0. The highest BCUT2D eigenvalue weighted by Gasteiger charge is 2.39. The van der Waals surface area contributed by atoms with Crippen LogP contribution in [0.3, 0.4) is 0 Å². The second-order valence-electron chi connectivity index (χ2n) is 9.89. The molecule has 1 aromatic heterocycles. The number of aryl methyl sites for hydroxylation is 1. The molecule has 0 spiro atoms. The van der Waals surface area contributed by atoms with Crippen molar-refractivity contribution in [3.05, 3.63) is 80.8 Å². The Morgan fingerprint density at radius 2 is 1.91 bits per heavy atom. The van der Waals surface area contributed by atoms with E-state index in [2.05, 4.69) is 58.5 Å². The van der Waals surface area contributed by atoms with Crippen LogP contribution >= 0.6 is 11.3 Å². The Morgan fingerprint density at radius 1 is 1.11 bits per heavy atom. The van der Waals surface area contributed by atoms with Crippen LogP contribution in [0.2, 0.25) is 0 Å². The Kier molecular flexibility index (Phi) is 5.80. The number of carbonyl (C=O) groups is 2. The van der Waals surface area contributed by atoms with Crippen LogP contribution in [0.15, 0.2) is 47.8 Å². The van der Waals surface area contributed by atoms with E-state index in [4.69, 9.17) is 4.74 Å². The van der Waals surface area contributed by atoms with Crippen LogP contribution in [-0.4, -0.2) is 34.3 Å². The van der Waals surface area contributed by atoms with E-state index in [-0.39, 0.29) is 23.8 Å². The number of nitrogens with zero attached hydrogens (tertiary/aromatic N) is 2. The summed E-state index contributed by atoms with van der Waals surface area (Å²) in [6, 6.07) is 14.9. The molecule has 35 heavy (non-hydrogen) atoms. The van der Waals surface area contributed by atoms with Gasteiger partial charge < -0.3 is 15.0 Å². The van der Waals surface area contributed by atoms with Gasteiger partial charge in [0.2, 0.25) is 5.91 Å². The normalized spacial score (nSPS) is 19.2. The van der Waals surface area contributed by atoms with E-state index < -0.39 is 0 Å². The Balaban J connectivity index is 1.23. The Bertz CT molecular complexity index is 1260. The van der Waals surface area contributed by atoms with Gasteiger partial charge in [0.05, 0.1) is 6.04 Å². The summed E-state index contributed by atoms with van der Waals surface area (Å²) in [7, 11) is 0. The van der Waals surface area contributed by atoms with Crippen molar-refractivity contribution in [1.29, 1.82) is 0 Å². The molecule has 6 nitrogen and oxygen atoms in total. The summed E-state index contributed by atoms with van der Waals surface area (Å²) in [5, 5.41) is 5.53. The van der Waals surface area contributed by atoms with Crippen molar-refractivity contribution in [1.82, 2.24) is 15.2 Å². The molecule has 3 aromatic rings. The van der Waals surface area contributed by atoms with Crippen LogP contribution in [0.4, 0.5) is 0 Å². The summed E-state index contributed by atoms with van der Waals surface area (Å²) in [4.78, 5) is 32.0. The Hall–Kier alpha value is -3.19. The summed E-state index contributed by atoms with van der Waals surface area (Å²) >= 11 is 1.44. The van der Waals surface area contributed by atoms with Gasteiger partial charge in [0.1, 0.15) is 23.1 Å². The fraction of sp³-hybridized carbons (Fsp3) is 0.393. The number of aromatic nitrogens is 1. The van der Waals surface area contributed by atoms with Crippen molar-refractivity contribution in [2.45, 2.75) is 57.7 Å². The monoisotopic (exact) mass is 487 g/mol. The zero-order chi connectivity index (χ0) is 23.9. The lowest BCUT2D eigenvalue weighted by Crippen LogP contribution is -2.41. The molecule has 2 fully saturated rings. The van der Waals surface area contributed by atoms with Crippen molar-refractivity contribution in [2.75, 3.05) is 6.54 Å². The number of ether oxygens (including phenoxy) is 1. The van der Waals surface area contributed by atoms with Gasteiger partial charge in [-0.3, -0.25) is 9.59 Å². The SMILES string of the molecule is Cc1ccc([C@H]2c3cc(OCc4nc(C(=O)NC5CC5)cs4)ccc3CCN2C(=O)C2CC2)cc1. The van der Waals surface area contributed by atoms with E-state index in [9.17, 15) is 9.59 Å². The number of amides is 2. The zero-order valence-electron chi connectivity index (χ0n) is 19.8. The Morgan fingerprint density at radius 3 is 2.66 bits per heavy atom. The summed E-state index contributed by atoms with van der Waals surface area (Å²) in [5.74, 6) is 1.10. The fourth-order valence-electron chi connectivity index (χ4n) is 4.71. The molecule has 180 valence electrons. The van der Waals surface area contributed by atoms with E-state index in [0.717, 1.165) is 60.5 Å². The average molecular weight is 488 g/mol. The maximum absolute atomic E-state index is 13.2. The molecule has 2 aromatic carbocycles. The van der Waals surface area contributed by atoms with Crippen LogP contribution in [-0.2, 0) is 17.8 Å². The number of hydrogen-bond donors (Lipinski definition) is 1. The van der Waals surface area contributed by atoms with E-state index in [1.807, 2.05) is 6.07 Å². The van der Waals surface area contributed by atoms with Gasteiger partial charge >= 0.3 is 0 Å². The molecule has 3 aliphatic rings. The summed E-state index contributed by atoms with van der Waals surface area (Å²) in [6.45, 7) is 3.13. The number of thiazole rings is 1. The van der Waals surface area contributed by atoms with Gasteiger partial charge in [0.25, 0.3) is 5.91 Å². The Labute approximate surface area is 209 Å². The second kappa shape index (κ2) is 9.11. The minimum atomic E-state index is -0.106. The zero-order valence-corrected chi connectivity index (χ0v) is 20.6. The van der Waals surface area contributed by atoms with E-state index >= 15 is 0 Å². The predicted octanol–water partition coefficient (Wildman–Crippen LogP) is 4.81. The van der Waals surface area contributed by atoms with E-state index in [1.165, 1.54) is 22.5 Å². The summed E-state index contributed by atoms with van der Waals surface area (Å²) in [5.41, 5.74) is 5.19. The number of hydrogen-bond acceptors (Lipinski definition) is 5. The van der Waals surface area contributed by atoms with Crippen LogP contribution in [0, 0.1) is 12.8 Å². The molecule has 1 atom stereocenters. The van der Waals surface area contributed by atoms with Crippen molar-refractivity contribution >= 4 is 23.2 Å². The lowest BCUT2D eigenvalue weighted by molar-refractivity contribution is -0.134. The largest absolute Gasteiger partial charge is 0.486 e. The van der Waals surface area contributed by atoms with Gasteiger partial charge in [0, 0.05) is 23.9 Å². The first-order valence-corrected chi connectivity index (χ1v) is 13.3. The maximum Gasteiger partial charge on any atom is 0.270 e. The molecule has 6 rings (SSSR count). The predicted molar refractivity (Wildman–Crippen MR) is 135 cm³/mol.